The lowest BCUT2D eigenvalue weighted by Gasteiger charge is -2.35. The Bertz CT molecular complexity index is 516. The van der Waals surface area contributed by atoms with Crippen LogP contribution in [0.1, 0.15) is 18.5 Å². The number of carbonyl (C=O) groups excluding carboxylic acids is 1. The molecule has 1 saturated heterocycles. The van der Waals surface area contributed by atoms with Crippen molar-refractivity contribution in [2.24, 2.45) is 5.92 Å². The van der Waals surface area contributed by atoms with Gasteiger partial charge in [-0.25, -0.2) is 4.39 Å². The van der Waals surface area contributed by atoms with Crippen LogP contribution in [0.4, 0.5) is 4.39 Å². The summed E-state index contributed by atoms with van der Waals surface area (Å²) >= 11 is 0. The highest BCUT2D eigenvalue weighted by Crippen LogP contribution is 2.22. The van der Waals surface area contributed by atoms with Gasteiger partial charge in [-0.15, -0.1) is 24.8 Å². The first-order valence-electron chi connectivity index (χ1n) is 8.11. The minimum atomic E-state index is -0.254. The topological polar surface area (TPSA) is 53.6 Å². The maximum Gasteiger partial charge on any atom is 0.224 e. The number of nitrogens with zero attached hydrogens (tertiary/aromatic N) is 1. The molecule has 1 aromatic rings. The molecule has 0 aliphatic carbocycles. The van der Waals surface area contributed by atoms with Gasteiger partial charge in [-0.3, -0.25) is 9.69 Å². The van der Waals surface area contributed by atoms with E-state index in [1.54, 1.807) is 12.1 Å². The smallest absolute Gasteiger partial charge is 0.224 e. The molecular formula is C17H28Cl2FN3O2. The Morgan fingerprint density at radius 1 is 1.28 bits per heavy atom. The number of halogens is 3. The molecule has 2 rings (SSSR count). The van der Waals surface area contributed by atoms with Crippen molar-refractivity contribution in [2.45, 2.75) is 13.0 Å². The van der Waals surface area contributed by atoms with Crippen molar-refractivity contribution in [3.63, 3.8) is 0 Å². The number of amides is 1. The van der Waals surface area contributed by atoms with Crippen molar-refractivity contribution in [1.82, 2.24) is 15.5 Å². The minimum Gasteiger partial charge on any atom is -0.379 e. The zero-order valence-electron chi connectivity index (χ0n) is 14.7. The van der Waals surface area contributed by atoms with E-state index in [1.165, 1.54) is 6.07 Å². The molecule has 5 nitrogen and oxygen atoms in total. The predicted molar refractivity (Wildman–Crippen MR) is 102 cm³/mol. The van der Waals surface area contributed by atoms with E-state index >= 15 is 0 Å². The summed E-state index contributed by atoms with van der Waals surface area (Å²) in [7, 11) is 1.83. The quantitative estimate of drug-likeness (QED) is 0.741. The molecule has 0 spiro atoms. The summed E-state index contributed by atoms with van der Waals surface area (Å²) in [6.45, 7) is 5.88. The molecule has 2 atom stereocenters. The average Bonchev–Trinajstić information content (AvgIpc) is 2.56. The highest BCUT2D eigenvalue weighted by atomic mass is 35.5. The molecule has 2 unspecified atom stereocenters. The van der Waals surface area contributed by atoms with Crippen molar-refractivity contribution < 1.29 is 13.9 Å². The van der Waals surface area contributed by atoms with Crippen LogP contribution >= 0.6 is 24.8 Å². The van der Waals surface area contributed by atoms with E-state index in [4.69, 9.17) is 4.74 Å². The monoisotopic (exact) mass is 395 g/mol. The Hall–Kier alpha value is -0.920. The highest BCUT2D eigenvalue weighted by Gasteiger charge is 2.24. The van der Waals surface area contributed by atoms with Crippen LogP contribution in [0.5, 0.6) is 0 Å². The van der Waals surface area contributed by atoms with Crippen molar-refractivity contribution in [3.05, 3.63) is 35.6 Å². The van der Waals surface area contributed by atoms with E-state index in [1.807, 2.05) is 20.0 Å². The van der Waals surface area contributed by atoms with Crippen molar-refractivity contribution in [3.8, 4) is 0 Å². The lowest BCUT2D eigenvalue weighted by Crippen LogP contribution is -2.45. The Morgan fingerprint density at radius 3 is 2.56 bits per heavy atom. The number of carbonyl (C=O) groups is 1. The number of ether oxygens (including phenoxy) is 1. The van der Waals surface area contributed by atoms with Crippen molar-refractivity contribution in [2.75, 3.05) is 46.4 Å². The predicted octanol–water partition coefficient (Wildman–Crippen LogP) is 2.01. The number of rotatable bonds is 7. The number of benzene rings is 1. The molecule has 1 aliphatic heterocycles. The maximum atomic E-state index is 13.6. The van der Waals surface area contributed by atoms with E-state index in [0.29, 0.717) is 26.3 Å². The van der Waals surface area contributed by atoms with Crippen molar-refractivity contribution in [1.29, 1.82) is 0 Å². The molecule has 0 aromatic heterocycles. The largest absolute Gasteiger partial charge is 0.379 e. The zero-order chi connectivity index (χ0) is 16.7. The third-order valence-corrected chi connectivity index (χ3v) is 4.15. The normalized spacial score (nSPS) is 16.9. The second-order valence-corrected chi connectivity index (χ2v) is 5.92. The van der Waals surface area contributed by atoms with Gasteiger partial charge in [-0.05, 0) is 24.7 Å². The van der Waals surface area contributed by atoms with Gasteiger partial charge in [0.1, 0.15) is 5.82 Å². The first kappa shape index (κ1) is 24.1. The van der Waals surface area contributed by atoms with Crippen LogP contribution in [0.3, 0.4) is 0 Å². The molecule has 2 N–H and O–H groups in total. The molecule has 0 bridgehead atoms. The van der Waals surface area contributed by atoms with Crippen LogP contribution in [0.15, 0.2) is 24.3 Å². The Kier molecular flexibility index (Phi) is 12.0. The first-order valence-corrected chi connectivity index (χ1v) is 8.11. The second-order valence-electron chi connectivity index (χ2n) is 5.92. The van der Waals surface area contributed by atoms with E-state index in [-0.39, 0.29) is 48.5 Å². The van der Waals surface area contributed by atoms with Crippen LogP contribution in [0.2, 0.25) is 0 Å². The number of hydrogen-bond acceptors (Lipinski definition) is 4. The van der Waals surface area contributed by atoms with Crippen molar-refractivity contribution >= 4 is 30.7 Å². The summed E-state index contributed by atoms with van der Waals surface area (Å²) in [6.07, 6.45) is 0. The van der Waals surface area contributed by atoms with Gasteiger partial charge in [-0.1, -0.05) is 19.1 Å². The third-order valence-electron chi connectivity index (χ3n) is 4.15. The lowest BCUT2D eigenvalue weighted by molar-refractivity contribution is -0.124. The number of morpholine rings is 1. The molecular weight excluding hydrogens is 368 g/mol. The summed E-state index contributed by atoms with van der Waals surface area (Å²) in [5.41, 5.74) is 0.883. The fraction of sp³-hybridized carbons (Fsp3) is 0.588. The summed E-state index contributed by atoms with van der Waals surface area (Å²) in [5, 5.41) is 6.00. The van der Waals surface area contributed by atoms with Gasteiger partial charge in [0.2, 0.25) is 5.91 Å². The number of nitrogens with one attached hydrogen (secondary N) is 2. The molecule has 25 heavy (non-hydrogen) atoms. The van der Waals surface area contributed by atoms with Gasteiger partial charge in [0.15, 0.2) is 0 Å². The molecule has 8 heteroatoms. The summed E-state index contributed by atoms with van der Waals surface area (Å²) in [5.74, 6) is -0.345. The molecule has 1 aromatic carbocycles. The Morgan fingerprint density at radius 2 is 1.96 bits per heavy atom. The first-order chi connectivity index (χ1) is 11.1. The van der Waals surface area contributed by atoms with Gasteiger partial charge in [-0.2, -0.15) is 0 Å². The third kappa shape index (κ3) is 7.46. The van der Waals surface area contributed by atoms with Crippen LogP contribution < -0.4 is 10.6 Å². The van der Waals surface area contributed by atoms with Gasteiger partial charge < -0.3 is 15.4 Å². The SMILES string of the molecule is CNCC(C)C(=O)NCC(c1cccc(F)c1)N1CCOCC1.Cl.Cl. The van der Waals surface area contributed by atoms with Gasteiger partial charge >= 0.3 is 0 Å². The average molecular weight is 396 g/mol. The summed E-state index contributed by atoms with van der Waals surface area (Å²) in [6, 6.07) is 6.56. The van der Waals surface area contributed by atoms with E-state index in [0.717, 1.165) is 18.7 Å². The summed E-state index contributed by atoms with van der Waals surface area (Å²) < 4.78 is 19.0. The molecule has 1 amide bonds. The molecule has 0 radical (unpaired) electrons. The molecule has 1 heterocycles. The van der Waals surface area contributed by atoms with E-state index in [2.05, 4.69) is 15.5 Å². The molecule has 0 saturated carbocycles. The van der Waals surface area contributed by atoms with E-state index < -0.39 is 0 Å². The van der Waals surface area contributed by atoms with Gasteiger partial charge in [0.25, 0.3) is 0 Å². The highest BCUT2D eigenvalue weighted by molar-refractivity contribution is 5.85. The second kappa shape index (κ2) is 12.4. The zero-order valence-corrected chi connectivity index (χ0v) is 16.3. The van der Waals surface area contributed by atoms with Crippen LogP contribution in [0, 0.1) is 11.7 Å². The minimum absolute atomic E-state index is 0. The fourth-order valence-electron chi connectivity index (χ4n) is 2.83. The summed E-state index contributed by atoms with van der Waals surface area (Å²) in [4.78, 5) is 14.4. The molecule has 1 aliphatic rings. The van der Waals surface area contributed by atoms with Gasteiger partial charge in [0, 0.05) is 32.1 Å². The van der Waals surface area contributed by atoms with Crippen LogP contribution in [-0.2, 0) is 9.53 Å². The molecule has 1 fully saturated rings. The Balaban J connectivity index is 0.00000288. The van der Waals surface area contributed by atoms with Gasteiger partial charge in [0.05, 0.1) is 19.3 Å². The van der Waals surface area contributed by atoms with Crippen LogP contribution in [-0.4, -0.2) is 57.2 Å². The lowest BCUT2D eigenvalue weighted by atomic mass is 10.0. The van der Waals surface area contributed by atoms with Crippen LogP contribution in [0.25, 0.3) is 0 Å². The Labute approximate surface area is 161 Å². The fourth-order valence-corrected chi connectivity index (χ4v) is 2.83. The molecule has 144 valence electrons. The standard InChI is InChI=1S/C17H26FN3O2.2ClH/c1-13(11-19-2)17(22)20-12-16(21-6-8-23-9-7-21)14-4-3-5-15(18)10-14;;/h3-5,10,13,16,19H,6-9,11-12H2,1-2H3,(H,20,22);2*1H. The maximum absolute atomic E-state index is 13.6. The number of hydrogen-bond donors (Lipinski definition) is 2. The van der Waals surface area contributed by atoms with E-state index in [9.17, 15) is 9.18 Å².